The van der Waals surface area contributed by atoms with Crippen molar-refractivity contribution in [1.29, 1.82) is 0 Å². The molecule has 33 heavy (non-hydrogen) atoms. The molecule has 11 nitrogen and oxygen atoms in total. The highest BCUT2D eigenvalue weighted by molar-refractivity contribution is 7.17. The van der Waals surface area contributed by atoms with Crippen LogP contribution < -0.4 is 15.5 Å². The molecular formula is C21H27N3O8S. The first kappa shape index (κ1) is 26.2. The zero-order chi connectivity index (χ0) is 24.2. The molecule has 0 aliphatic heterocycles. The summed E-state index contributed by atoms with van der Waals surface area (Å²) in [6.45, 7) is 2.29. The van der Waals surface area contributed by atoms with E-state index < -0.39 is 28.7 Å². The molecular weight excluding hydrogens is 454 g/mol. The predicted molar refractivity (Wildman–Crippen MR) is 119 cm³/mol. The number of hydroxylamine groups is 1. The standard InChI is InChI=1S/C21H27N3O8S/c1-3-31-13-32-12-16(22-21(26)18-7-8-19(33-18)24(28)29)11-15(20(25)23-27)9-14-5-4-6-17(10-14)30-2/h4-8,10,15-16,27H,3,9,11-13H2,1-2H3,(H,22,26)(H,23,25)/t15-,16-/m0/s1. The first-order valence-corrected chi connectivity index (χ1v) is 11.0. The summed E-state index contributed by atoms with van der Waals surface area (Å²) < 4.78 is 15.8. The van der Waals surface area contributed by atoms with Gasteiger partial charge in [0.2, 0.25) is 5.91 Å². The summed E-state index contributed by atoms with van der Waals surface area (Å²) in [7, 11) is 1.53. The Bertz CT molecular complexity index is 936. The van der Waals surface area contributed by atoms with Gasteiger partial charge in [0, 0.05) is 18.6 Å². The van der Waals surface area contributed by atoms with E-state index in [-0.39, 0.29) is 36.1 Å². The van der Waals surface area contributed by atoms with Crippen molar-refractivity contribution in [3.63, 3.8) is 0 Å². The van der Waals surface area contributed by atoms with Crippen LogP contribution in [0.4, 0.5) is 5.00 Å². The largest absolute Gasteiger partial charge is 0.497 e. The number of amides is 2. The lowest BCUT2D eigenvalue weighted by molar-refractivity contribution is -0.380. The van der Waals surface area contributed by atoms with Gasteiger partial charge in [-0.3, -0.25) is 24.9 Å². The molecule has 2 amide bonds. The monoisotopic (exact) mass is 481 g/mol. The second-order valence-electron chi connectivity index (χ2n) is 7.01. The van der Waals surface area contributed by atoms with E-state index in [0.29, 0.717) is 12.4 Å². The average molecular weight is 482 g/mol. The molecule has 0 radical (unpaired) electrons. The highest BCUT2D eigenvalue weighted by Crippen LogP contribution is 2.24. The summed E-state index contributed by atoms with van der Waals surface area (Å²) in [5, 5.41) is 22.8. The molecule has 3 N–H and O–H groups in total. The molecule has 12 heteroatoms. The number of rotatable bonds is 14. The third kappa shape index (κ3) is 8.42. The highest BCUT2D eigenvalue weighted by atomic mass is 32.1. The lowest BCUT2D eigenvalue weighted by Gasteiger charge is -2.23. The molecule has 0 aliphatic carbocycles. The van der Waals surface area contributed by atoms with Crippen LogP contribution in [-0.2, 0) is 20.7 Å². The summed E-state index contributed by atoms with van der Waals surface area (Å²) in [5.74, 6) is -1.23. The van der Waals surface area contributed by atoms with E-state index in [2.05, 4.69) is 5.32 Å². The lowest BCUT2D eigenvalue weighted by Crippen LogP contribution is -2.42. The van der Waals surface area contributed by atoms with Crippen LogP contribution in [-0.4, -0.2) is 55.1 Å². The summed E-state index contributed by atoms with van der Waals surface area (Å²) in [6.07, 6.45) is 0.404. The lowest BCUT2D eigenvalue weighted by atomic mass is 9.92. The number of thiophene rings is 1. The minimum Gasteiger partial charge on any atom is -0.497 e. The van der Waals surface area contributed by atoms with Gasteiger partial charge in [-0.25, -0.2) is 5.48 Å². The molecule has 0 unspecified atom stereocenters. The number of hydrogen-bond acceptors (Lipinski definition) is 9. The van der Waals surface area contributed by atoms with Crippen LogP contribution in [0.1, 0.15) is 28.6 Å². The Morgan fingerprint density at radius 1 is 1.24 bits per heavy atom. The van der Waals surface area contributed by atoms with E-state index >= 15 is 0 Å². The van der Waals surface area contributed by atoms with E-state index in [1.807, 2.05) is 13.0 Å². The number of hydrogen-bond donors (Lipinski definition) is 3. The highest BCUT2D eigenvalue weighted by Gasteiger charge is 2.26. The quantitative estimate of drug-likeness (QED) is 0.122. The minimum absolute atomic E-state index is 0.0000907. The molecule has 2 aromatic rings. The topological polar surface area (TPSA) is 149 Å². The molecule has 0 spiro atoms. The fourth-order valence-electron chi connectivity index (χ4n) is 3.11. The zero-order valence-electron chi connectivity index (χ0n) is 18.3. The smallest absolute Gasteiger partial charge is 0.324 e. The maximum atomic E-state index is 12.7. The third-order valence-electron chi connectivity index (χ3n) is 4.69. The first-order chi connectivity index (χ1) is 15.9. The van der Waals surface area contributed by atoms with Crippen LogP contribution in [0.15, 0.2) is 36.4 Å². The zero-order valence-corrected chi connectivity index (χ0v) is 19.1. The Morgan fingerprint density at radius 2 is 2.03 bits per heavy atom. The minimum atomic E-state index is -0.708. The number of methoxy groups -OCH3 is 1. The Morgan fingerprint density at radius 3 is 2.67 bits per heavy atom. The number of ether oxygens (including phenoxy) is 3. The van der Waals surface area contributed by atoms with Crippen LogP contribution in [0.2, 0.25) is 0 Å². The predicted octanol–water partition coefficient (Wildman–Crippen LogP) is 2.53. The average Bonchev–Trinajstić information content (AvgIpc) is 3.32. The Kier molecular flexibility index (Phi) is 10.7. The Balaban J connectivity index is 2.16. The van der Waals surface area contributed by atoms with Gasteiger partial charge in [0.25, 0.3) is 5.91 Å². The maximum absolute atomic E-state index is 12.7. The number of benzene rings is 1. The van der Waals surface area contributed by atoms with Crippen molar-refractivity contribution in [3.05, 3.63) is 57.0 Å². The van der Waals surface area contributed by atoms with Crippen LogP contribution in [0.25, 0.3) is 0 Å². The summed E-state index contributed by atoms with van der Waals surface area (Å²) in [4.78, 5) is 35.5. The first-order valence-electron chi connectivity index (χ1n) is 10.1. The van der Waals surface area contributed by atoms with Gasteiger partial charge in [-0.1, -0.05) is 23.5 Å². The van der Waals surface area contributed by atoms with Crippen LogP contribution in [0, 0.1) is 16.0 Å². The van der Waals surface area contributed by atoms with E-state index in [1.54, 1.807) is 23.7 Å². The summed E-state index contributed by atoms with van der Waals surface area (Å²) in [5.41, 5.74) is 2.48. The maximum Gasteiger partial charge on any atom is 0.324 e. The molecule has 0 saturated heterocycles. The fraction of sp³-hybridized carbons (Fsp3) is 0.429. The van der Waals surface area contributed by atoms with E-state index in [9.17, 15) is 24.9 Å². The van der Waals surface area contributed by atoms with Crippen molar-refractivity contribution in [1.82, 2.24) is 10.8 Å². The fourth-order valence-corrected chi connectivity index (χ4v) is 3.83. The molecule has 1 aromatic heterocycles. The van der Waals surface area contributed by atoms with Crippen molar-refractivity contribution >= 4 is 28.2 Å². The van der Waals surface area contributed by atoms with Gasteiger partial charge in [0.15, 0.2) is 0 Å². The van der Waals surface area contributed by atoms with Gasteiger partial charge < -0.3 is 19.5 Å². The molecule has 1 heterocycles. The number of carbonyl (C=O) groups is 2. The van der Waals surface area contributed by atoms with E-state index in [1.165, 1.54) is 19.2 Å². The van der Waals surface area contributed by atoms with Crippen molar-refractivity contribution in [3.8, 4) is 5.75 Å². The van der Waals surface area contributed by atoms with Gasteiger partial charge in [-0.05, 0) is 43.5 Å². The molecule has 1 aromatic carbocycles. The summed E-state index contributed by atoms with van der Waals surface area (Å²) in [6, 6.07) is 9.15. The van der Waals surface area contributed by atoms with Crippen molar-refractivity contribution in [2.24, 2.45) is 5.92 Å². The van der Waals surface area contributed by atoms with Gasteiger partial charge in [0.1, 0.15) is 12.5 Å². The normalized spacial score (nSPS) is 12.6. The van der Waals surface area contributed by atoms with Crippen molar-refractivity contribution in [2.45, 2.75) is 25.8 Å². The molecule has 2 atom stereocenters. The number of nitrogens with zero attached hydrogens (tertiary/aromatic N) is 1. The number of nitro groups is 1. The van der Waals surface area contributed by atoms with Crippen LogP contribution >= 0.6 is 11.3 Å². The Labute approximate surface area is 194 Å². The molecule has 0 saturated carbocycles. The second kappa shape index (κ2) is 13.5. The molecule has 0 fully saturated rings. The summed E-state index contributed by atoms with van der Waals surface area (Å²) >= 11 is 0.750. The van der Waals surface area contributed by atoms with Crippen LogP contribution in [0.5, 0.6) is 5.75 Å². The van der Waals surface area contributed by atoms with Crippen molar-refractivity contribution < 1.29 is 33.9 Å². The Hall–Kier alpha value is -3.06. The van der Waals surface area contributed by atoms with E-state index in [4.69, 9.17) is 14.2 Å². The van der Waals surface area contributed by atoms with Gasteiger partial charge in [-0.2, -0.15) is 0 Å². The van der Waals surface area contributed by atoms with Gasteiger partial charge >= 0.3 is 5.00 Å². The van der Waals surface area contributed by atoms with Crippen molar-refractivity contribution in [2.75, 3.05) is 27.1 Å². The SMILES string of the molecule is CCOCOC[C@H](C[C@H](Cc1cccc(OC)c1)C(=O)NO)NC(=O)c1ccc([N+](=O)[O-])s1. The molecule has 180 valence electrons. The van der Waals surface area contributed by atoms with Gasteiger partial charge in [-0.15, -0.1) is 0 Å². The van der Waals surface area contributed by atoms with Crippen LogP contribution in [0.3, 0.4) is 0 Å². The second-order valence-corrected chi connectivity index (χ2v) is 8.07. The molecule has 0 bridgehead atoms. The van der Waals surface area contributed by atoms with Gasteiger partial charge in [0.05, 0.1) is 29.6 Å². The third-order valence-corrected chi connectivity index (χ3v) is 5.72. The number of carbonyl (C=O) groups excluding carboxylic acids is 2. The number of nitrogens with one attached hydrogen (secondary N) is 2. The molecule has 2 rings (SSSR count). The molecule has 0 aliphatic rings. The van der Waals surface area contributed by atoms with E-state index in [0.717, 1.165) is 16.9 Å².